The van der Waals surface area contributed by atoms with Gasteiger partial charge < -0.3 is 9.73 Å². The van der Waals surface area contributed by atoms with Crippen molar-refractivity contribution in [3.63, 3.8) is 0 Å². The van der Waals surface area contributed by atoms with Gasteiger partial charge in [0.2, 0.25) is 0 Å². The molecule has 0 fully saturated rings. The summed E-state index contributed by atoms with van der Waals surface area (Å²) in [5.41, 5.74) is 2.43. The summed E-state index contributed by atoms with van der Waals surface area (Å²) in [5, 5.41) is 3.02. The molecule has 0 aliphatic rings. The van der Waals surface area contributed by atoms with Gasteiger partial charge in [-0.05, 0) is 45.4 Å². The number of hydrogen-bond donors (Lipinski definition) is 1. The Morgan fingerprint density at radius 2 is 2.10 bits per heavy atom. The van der Waals surface area contributed by atoms with E-state index in [1.54, 1.807) is 13.0 Å². The molecule has 2 aromatic rings. The number of rotatable bonds is 4. The minimum atomic E-state index is -0.116. The molecule has 4 heteroatoms. The molecule has 0 aliphatic carbocycles. The maximum absolute atomic E-state index is 12.3. The van der Waals surface area contributed by atoms with Crippen LogP contribution in [0.5, 0.6) is 0 Å². The highest BCUT2D eigenvalue weighted by Crippen LogP contribution is 2.18. The molecule has 0 aliphatic heterocycles. The Labute approximate surface area is 119 Å². The predicted molar refractivity (Wildman–Crippen MR) is 77.7 cm³/mol. The van der Waals surface area contributed by atoms with Crippen LogP contribution < -0.4 is 5.32 Å². The van der Waals surface area contributed by atoms with E-state index in [1.165, 1.54) is 0 Å². The number of nitrogens with one attached hydrogen (secondary N) is 1. The number of aryl methyl sites for hydroxylation is 3. The highest BCUT2D eigenvalue weighted by Gasteiger charge is 2.18. The zero-order valence-corrected chi connectivity index (χ0v) is 12.4. The number of amides is 1. The second-order valence-electron chi connectivity index (χ2n) is 4.97. The fraction of sp³-hybridized carbons (Fsp3) is 0.375. The van der Waals surface area contributed by atoms with Crippen molar-refractivity contribution in [1.29, 1.82) is 0 Å². The fourth-order valence-corrected chi connectivity index (χ4v) is 2.24. The summed E-state index contributed by atoms with van der Waals surface area (Å²) in [6, 6.07) is 7.52. The van der Waals surface area contributed by atoms with Crippen molar-refractivity contribution in [3.8, 4) is 0 Å². The van der Waals surface area contributed by atoms with Crippen molar-refractivity contribution in [3.05, 3.63) is 52.7 Å². The molecular weight excluding hydrogens is 252 g/mol. The van der Waals surface area contributed by atoms with E-state index in [0.29, 0.717) is 11.3 Å². The first kappa shape index (κ1) is 14.3. The van der Waals surface area contributed by atoms with Gasteiger partial charge in [0.05, 0.1) is 17.3 Å². The lowest BCUT2D eigenvalue weighted by atomic mass is 10.1. The first-order valence-corrected chi connectivity index (χ1v) is 6.82. The highest BCUT2D eigenvalue weighted by molar-refractivity contribution is 5.95. The number of carbonyl (C=O) groups is 1. The van der Waals surface area contributed by atoms with Crippen LogP contribution >= 0.6 is 0 Å². The Morgan fingerprint density at radius 3 is 2.65 bits per heavy atom. The number of nitrogens with zero attached hydrogens (tertiary/aromatic N) is 1. The van der Waals surface area contributed by atoms with Crippen LogP contribution in [0, 0.1) is 20.8 Å². The minimum absolute atomic E-state index is 0.0861. The molecule has 0 spiro atoms. The van der Waals surface area contributed by atoms with Crippen LogP contribution in [0.25, 0.3) is 0 Å². The Morgan fingerprint density at radius 1 is 1.35 bits per heavy atom. The van der Waals surface area contributed by atoms with Gasteiger partial charge in [-0.1, -0.05) is 13.0 Å². The molecule has 1 N–H and O–H groups in total. The summed E-state index contributed by atoms with van der Waals surface area (Å²) in [4.78, 5) is 16.8. The van der Waals surface area contributed by atoms with E-state index >= 15 is 0 Å². The number of hydrogen-bond acceptors (Lipinski definition) is 3. The smallest absolute Gasteiger partial charge is 0.255 e. The molecule has 106 valence electrons. The average Bonchev–Trinajstić information content (AvgIpc) is 2.75. The quantitative estimate of drug-likeness (QED) is 0.927. The Kier molecular flexibility index (Phi) is 4.23. The van der Waals surface area contributed by atoms with Gasteiger partial charge in [0.15, 0.2) is 0 Å². The third kappa shape index (κ3) is 3.07. The van der Waals surface area contributed by atoms with Gasteiger partial charge in [0.25, 0.3) is 5.91 Å². The van der Waals surface area contributed by atoms with Gasteiger partial charge in [-0.25, -0.2) is 0 Å². The lowest BCUT2D eigenvalue weighted by molar-refractivity contribution is 0.0933. The molecule has 20 heavy (non-hydrogen) atoms. The van der Waals surface area contributed by atoms with Crippen LogP contribution in [0.15, 0.2) is 28.7 Å². The standard InChI is InChI=1S/C16H20N2O2/c1-5-14(15-8-6-7-10(2)17-15)18-16(19)13-9-11(3)20-12(13)4/h6-9,14H,5H2,1-4H3,(H,18,19). The molecule has 1 unspecified atom stereocenters. The maximum Gasteiger partial charge on any atom is 0.255 e. The van der Waals surface area contributed by atoms with Crippen molar-refractivity contribution in [2.45, 2.75) is 40.2 Å². The number of carbonyl (C=O) groups excluding carboxylic acids is 1. The highest BCUT2D eigenvalue weighted by atomic mass is 16.3. The summed E-state index contributed by atoms with van der Waals surface area (Å²) < 4.78 is 5.40. The molecule has 4 nitrogen and oxygen atoms in total. The third-order valence-corrected chi connectivity index (χ3v) is 3.27. The van der Waals surface area contributed by atoms with Crippen molar-refractivity contribution >= 4 is 5.91 Å². The lowest BCUT2D eigenvalue weighted by Gasteiger charge is -2.16. The molecule has 0 aromatic carbocycles. The van der Waals surface area contributed by atoms with Crippen LogP contribution in [0.4, 0.5) is 0 Å². The summed E-state index contributed by atoms with van der Waals surface area (Å²) in [5.74, 6) is 1.27. The number of furan rings is 1. The van der Waals surface area contributed by atoms with Crippen LogP contribution in [-0.4, -0.2) is 10.9 Å². The molecule has 1 atom stereocenters. The second kappa shape index (κ2) is 5.90. The summed E-state index contributed by atoms with van der Waals surface area (Å²) in [6.07, 6.45) is 0.790. The van der Waals surface area contributed by atoms with Gasteiger partial charge in [-0.15, -0.1) is 0 Å². The molecule has 0 saturated heterocycles. The van der Waals surface area contributed by atoms with Crippen LogP contribution in [-0.2, 0) is 0 Å². The Balaban J connectivity index is 2.18. The van der Waals surface area contributed by atoms with Gasteiger partial charge in [0.1, 0.15) is 11.5 Å². The van der Waals surface area contributed by atoms with Crippen molar-refractivity contribution in [2.75, 3.05) is 0 Å². The van der Waals surface area contributed by atoms with Crippen LogP contribution in [0.3, 0.4) is 0 Å². The van der Waals surface area contributed by atoms with Gasteiger partial charge in [-0.2, -0.15) is 0 Å². The maximum atomic E-state index is 12.3. The molecule has 0 saturated carbocycles. The van der Waals surface area contributed by atoms with E-state index in [0.717, 1.165) is 23.6 Å². The van der Waals surface area contributed by atoms with E-state index < -0.39 is 0 Å². The molecule has 2 aromatic heterocycles. The normalized spacial score (nSPS) is 12.2. The predicted octanol–water partition coefficient (Wildman–Crippen LogP) is 3.48. The Bertz CT molecular complexity index is 617. The third-order valence-electron chi connectivity index (χ3n) is 3.27. The molecular formula is C16H20N2O2. The van der Waals surface area contributed by atoms with Crippen molar-refractivity contribution in [2.24, 2.45) is 0 Å². The largest absolute Gasteiger partial charge is 0.466 e. The lowest BCUT2D eigenvalue weighted by Crippen LogP contribution is -2.29. The van der Waals surface area contributed by atoms with E-state index in [2.05, 4.69) is 10.3 Å². The van der Waals surface area contributed by atoms with Crippen LogP contribution in [0.2, 0.25) is 0 Å². The topological polar surface area (TPSA) is 55.1 Å². The molecule has 2 heterocycles. The van der Waals surface area contributed by atoms with E-state index in [-0.39, 0.29) is 11.9 Å². The summed E-state index contributed by atoms with van der Waals surface area (Å²) in [6.45, 7) is 7.61. The fourth-order valence-electron chi connectivity index (χ4n) is 2.24. The first-order valence-electron chi connectivity index (χ1n) is 6.82. The van der Waals surface area contributed by atoms with Gasteiger partial charge >= 0.3 is 0 Å². The second-order valence-corrected chi connectivity index (χ2v) is 4.97. The zero-order valence-electron chi connectivity index (χ0n) is 12.4. The molecule has 0 radical (unpaired) electrons. The molecule has 0 bridgehead atoms. The van der Waals surface area contributed by atoms with E-state index in [4.69, 9.17) is 4.42 Å². The summed E-state index contributed by atoms with van der Waals surface area (Å²) in [7, 11) is 0. The first-order chi connectivity index (χ1) is 9.51. The number of pyridine rings is 1. The van der Waals surface area contributed by atoms with Crippen LogP contribution in [0.1, 0.15) is 52.7 Å². The van der Waals surface area contributed by atoms with E-state index in [1.807, 2.05) is 39.0 Å². The number of aromatic nitrogens is 1. The molecule has 1 amide bonds. The SMILES string of the molecule is CCC(NC(=O)c1cc(C)oc1C)c1cccc(C)n1. The van der Waals surface area contributed by atoms with Gasteiger partial charge in [0, 0.05) is 5.69 Å². The minimum Gasteiger partial charge on any atom is -0.466 e. The van der Waals surface area contributed by atoms with Crippen molar-refractivity contribution < 1.29 is 9.21 Å². The van der Waals surface area contributed by atoms with Gasteiger partial charge in [-0.3, -0.25) is 9.78 Å². The van der Waals surface area contributed by atoms with Crippen molar-refractivity contribution in [1.82, 2.24) is 10.3 Å². The van der Waals surface area contributed by atoms with E-state index in [9.17, 15) is 4.79 Å². The Hall–Kier alpha value is -2.10. The summed E-state index contributed by atoms with van der Waals surface area (Å²) >= 11 is 0. The average molecular weight is 272 g/mol. The molecule has 2 rings (SSSR count). The monoisotopic (exact) mass is 272 g/mol. The zero-order chi connectivity index (χ0) is 14.7.